The smallest absolute Gasteiger partial charge is 0.165 e. The van der Waals surface area contributed by atoms with Crippen LogP contribution in [0.4, 0.5) is 0 Å². The molecule has 0 aromatic carbocycles. The maximum atomic E-state index is 9.11. The van der Waals surface area contributed by atoms with Crippen LogP contribution in [0.1, 0.15) is 78.1 Å². The van der Waals surface area contributed by atoms with Crippen LogP contribution < -0.4 is 0 Å². The van der Waals surface area contributed by atoms with Crippen molar-refractivity contribution in [1.29, 1.82) is 5.26 Å². The van der Waals surface area contributed by atoms with Crippen molar-refractivity contribution in [1.82, 2.24) is 0 Å². The van der Waals surface area contributed by atoms with Crippen LogP contribution in [0.25, 0.3) is 0 Å². The molecule has 3 nitrogen and oxygen atoms in total. The monoisotopic (exact) mass is 275 g/mol. The average molecular weight is 275 g/mol. The van der Waals surface area contributed by atoms with E-state index in [2.05, 4.69) is 23.0 Å². The molecule has 0 aliphatic carbocycles. The summed E-state index contributed by atoms with van der Waals surface area (Å²) in [6.07, 6.45) is 16.2. The van der Waals surface area contributed by atoms with Crippen molar-refractivity contribution in [3.8, 4) is 6.07 Å². The van der Waals surface area contributed by atoms with E-state index in [9.17, 15) is 0 Å². The van der Waals surface area contributed by atoms with Gasteiger partial charge in [-0.1, -0.05) is 58.3 Å². The molecule has 0 spiro atoms. The van der Waals surface area contributed by atoms with Gasteiger partial charge in [-0.15, -0.1) is 0 Å². The van der Waals surface area contributed by atoms with Gasteiger partial charge in [0.15, 0.2) is 5.66 Å². The molecule has 1 unspecified atom stereocenters. The summed E-state index contributed by atoms with van der Waals surface area (Å²) in [5.74, 6) is -0.133. The fourth-order valence-corrected chi connectivity index (χ4v) is 2.73. The molecular formula is C17H29N3. The lowest BCUT2D eigenvalue weighted by atomic mass is 9.91. The van der Waals surface area contributed by atoms with Crippen LogP contribution in [-0.4, -0.2) is 18.1 Å². The molecule has 1 atom stereocenters. The van der Waals surface area contributed by atoms with E-state index in [4.69, 9.17) is 5.26 Å². The van der Waals surface area contributed by atoms with Crippen LogP contribution in [0.5, 0.6) is 0 Å². The number of nitriles is 1. The molecule has 1 aliphatic heterocycles. The SMILES string of the molecule is CCCCCCCCCCCC1(C(C)C#N)N=CC=N1. The summed E-state index contributed by atoms with van der Waals surface area (Å²) < 4.78 is 0. The molecule has 0 saturated heterocycles. The zero-order valence-electron chi connectivity index (χ0n) is 13.1. The number of aliphatic imine (C=N–C) groups is 2. The van der Waals surface area contributed by atoms with E-state index >= 15 is 0 Å². The van der Waals surface area contributed by atoms with Gasteiger partial charge < -0.3 is 0 Å². The van der Waals surface area contributed by atoms with E-state index in [1.165, 1.54) is 51.4 Å². The Labute approximate surface area is 124 Å². The van der Waals surface area contributed by atoms with E-state index in [0.717, 1.165) is 12.8 Å². The maximum Gasteiger partial charge on any atom is 0.165 e. The Morgan fingerprint density at radius 3 is 1.95 bits per heavy atom. The van der Waals surface area contributed by atoms with Gasteiger partial charge in [-0.05, 0) is 19.8 Å². The highest BCUT2D eigenvalue weighted by Crippen LogP contribution is 2.31. The van der Waals surface area contributed by atoms with Crippen LogP contribution in [0.2, 0.25) is 0 Å². The zero-order valence-corrected chi connectivity index (χ0v) is 13.1. The second kappa shape index (κ2) is 9.69. The van der Waals surface area contributed by atoms with Crippen LogP contribution in [0, 0.1) is 17.2 Å². The highest BCUT2D eigenvalue weighted by atomic mass is 15.1. The van der Waals surface area contributed by atoms with Gasteiger partial charge in [0.2, 0.25) is 0 Å². The molecule has 0 N–H and O–H groups in total. The van der Waals surface area contributed by atoms with Crippen LogP contribution in [0.3, 0.4) is 0 Å². The van der Waals surface area contributed by atoms with E-state index in [1.54, 1.807) is 12.4 Å². The molecule has 112 valence electrons. The molecule has 0 radical (unpaired) electrons. The first-order chi connectivity index (χ1) is 9.75. The first-order valence-corrected chi connectivity index (χ1v) is 8.24. The number of hydrogen-bond donors (Lipinski definition) is 0. The molecule has 0 bridgehead atoms. The summed E-state index contributed by atoms with van der Waals surface area (Å²) >= 11 is 0. The Kier molecular flexibility index (Phi) is 8.18. The Bertz CT molecular complexity index is 340. The van der Waals surface area contributed by atoms with Crippen molar-refractivity contribution in [2.45, 2.75) is 83.7 Å². The van der Waals surface area contributed by atoms with Gasteiger partial charge in [0.05, 0.1) is 12.0 Å². The van der Waals surface area contributed by atoms with E-state index in [-0.39, 0.29) is 5.92 Å². The summed E-state index contributed by atoms with van der Waals surface area (Å²) in [5, 5.41) is 9.11. The number of rotatable bonds is 11. The molecule has 0 saturated carbocycles. The first kappa shape index (κ1) is 16.9. The van der Waals surface area contributed by atoms with Crippen molar-refractivity contribution < 1.29 is 0 Å². The highest BCUT2D eigenvalue weighted by molar-refractivity contribution is 6.17. The van der Waals surface area contributed by atoms with Gasteiger partial charge in [-0.2, -0.15) is 5.26 Å². The van der Waals surface area contributed by atoms with Gasteiger partial charge in [0.1, 0.15) is 0 Å². The maximum absolute atomic E-state index is 9.11. The third kappa shape index (κ3) is 5.45. The van der Waals surface area contributed by atoms with Gasteiger partial charge in [-0.25, -0.2) is 0 Å². The van der Waals surface area contributed by atoms with Gasteiger partial charge in [0.25, 0.3) is 0 Å². The Morgan fingerprint density at radius 1 is 0.950 bits per heavy atom. The minimum Gasteiger partial charge on any atom is -0.260 e. The van der Waals surface area contributed by atoms with Crippen molar-refractivity contribution in [2.24, 2.45) is 15.9 Å². The number of nitrogens with zero attached hydrogens (tertiary/aromatic N) is 3. The molecule has 1 aliphatic rings. The Balaban J connectivity index is 2.10. The van der Waals surface area contributed by atoms with E-state index in [0.29, 0.717) is 0 Å². The summed E-state index contributed by atoms with van der Waals surface area (Å²) in [5.41, 5.74) is -0.476. The molecule has 0 amide bonds. The third-order valence-electron chi connectivity index (χ3n) is 4.20. The predicted molar refractivity (Wildman–Crippen MR) is 86.3 cm³/mol. The van der Waals surface area contributed by atoms with E-state index < -0.39 is 5.66 Å². The molecule has 0 aromatic rings. The predicted octanol–water partition coefficient (Wildman–Crippen LogP) is 4.92. The fraction of sp³-hybridized carbons (Fsp3) is 0.824. The molecule has 20 heavy (non-hydrogen) atoms. The molecule has 0 aromatic heterocycles. The highest BCUT2D eigenvalue weighted by Gasteiger charge is 2.35. The van der Waals surface area contributed by atoms with Crippen molar-refractivity contribution in [2.75, 3.05) is 0 Å². The second-order valence-corrected chi connectivity index (χ2v) is 5.86. The van der Waals surface area contributed by atoms with E-state index in [1.807, 2.05) is 6.92 Å². The standard InChI is InChI=1S/C17H29N3/c1-3-4-5-6-7-8-9-10-11-12-17(16(2)15-18)19-13-14-20-17/h13-14,16H,3-12H2,1-2H3. The molecule has 0 fully saturated rings. The third-order valence-corrected chi connectivity index (χ3v) is 4.20. The van der Waals surface area contributed by atoms with Crippen LogP contribution >= 0.6 is 0 Å². The van der Waals surface area contributed by atoms with Crippen molar-refractivity contribution >= 4 is 12.4 Å². The molecular weight excluding hydrogens is 246 g/mol. The minimum atomic E-state index is -0.476. The van der Waals surface area contributed by atoms with Gasteiger partial charge in [-0.3, -0.25) is 9.98 Å². The van der Waals surface area contributed by atoms with Gasteiger partial charge in [0, 0.05) is 12.4 Å². The average Bonchev–Trinajstić information content (AvgIpc) is 2.94. The summed E-state index contributed by atoms with van der Waals surface area (Å²) in [4.78, 5) is 8.87. The molecule has 1 rings (SSSR count). The number of unbranched alkanes of at least 4 members (excludes halogenated alkanes) is 8. The second-order valence-electron chi connectivity index (χ2n) is 5.86. The summed E-state index contributed by atoms with van der Waals surface area (Å²) in [7, 11) is 0. The quantitative estimate of drug-likeness (QED) is 0.494. The Hall–Kier alpha value is -1.17. The largest absolute Gasteiger partial charge is 0.260 e. The molecule has 3 heteroatoms. The zero-order chi connectivity index (χ0) is 14.7. The van der Waals surface area contributed by atoms with Crippen LogP contribution in [0.15, 0.2) is 9.98 Å². The number of hydrogen-bond acceptors (Lipinski definition) is 3. The van der Waals surface area contributed by atoms with Crippen LogP contribution in [-0.2, 0) is 0 Å². The first-order valence-electron chi connectivity index (χ1n) is 8.24. The lowest BCUT2D eigenvalue weighted by Gasteiger charge is -2.25. The summed E-state index contributed by atoms with van der Waals surface area (Å²) in [6, 6.07) is 2.30. The van der Waals surface area contributed by atoms with Crippen molar-refractivity contribution in [3.05, 3.63) is 0 Å². The topological polar surface area (TPSA) is 48.5 Å². The van der Waals surface area contributed by atoms with Gasteiger partial charge >= 0.3 is 0 Å². The Morgan fingerprint density at radius 2 is 1.45 bits per heavy atom. The lowest BCUT2D eigenvalue weighted by molar-refractivity contribution is 0.331. The summed E-state index contributed by atoms with van der Waals surface area (Å²) in [6.45, 7) is 4.18. The molecule has 1 heterocycles. The fourth-order valence-electron chi connectivity index (χ4n) is 2.73. The van der Waals surface area contributed by atoms with Crippen molar-refractivity contribution in [3.63, 3.8) is 0 Å². The normalized spacial score (nSPS) is 17.2. The lowest BCUT2D eigenvalue weighted by Crippen LogP contribution is -2.29. The minimum absolute atomic E-state index is 0.133.